The normalized spacial score (nSPS) is 12.7. The molecule has 1 aromatic heterocycles. The number of nitrogens with one attached hydrogen (secondary N) is 1. The number of nitrogens with zero attached hydrogens (tertiary/aromatic N) is 3. The second-order valence-electron chi connectivity index (χ2n) is 7.96. The zero-order chi connectivity index (χ0) is 23.4. The number of carbonyl (C=O) groups excluding carboxylic acids is 2. The molecule has 2 aromatic carbocycles. The minimum atomic E-state index is -0.854. The highest BCUT2D eigenvalue weighted by molar-refractivity contribution is 6.00. The largest absolute Gasteiger partial charge is 0.451 e. The molecule has 1 aliphatic rings. The zero-order valence-corrected chi connectivity index (χ0v) is 18.6. The molecule has 0 radical (unpaired) electrons. The van der Waals surface area contributed by atoms with Gasteiger partial charge in [-0.25, -0.2) is 9.48 Å². The maximum Gasteiger partial charge on any atom is 0.349 e. The number of rotatable bonds is 6. The van der Waals surface area contributed by atoms with E-state index in [1.54, 1.807) is 4.68 Å². The molecule has 0 saturated heterocycles. The van der Waals surface area contributed by atoms with Crippen molar-refractivity contribution in [3.05, 3.63) is 82.2 Å². The number of hydrogen-bond donors (Lipinski definition) is 1. The van der Waals surface area contributed by atoms with Gasteiger partial charge in [0, 0.05) is 16.9 Å². The topological polar surface area (TPSA) is 97.0 Å². The maximum atomic E-state index is 12.5. The van der Waals surface area contributed by atoms with E-state index in [-0.39, 0.29) is 5.57 Å². The van der Waals surface area contributed by atoms with Gasteiger partial charge >= 0.3 is 5.97 Å². The van der Waals surface area contributed by atoms with Gasteiger partial charge in [0.25, 0.3) is 5.91 Å². The van der Waals surface area contributed by atoms with Gasteiger partial charge in [-0.3, -0.25) is 4.79 Å². The first kappa shape index (κ1) is 22.0. The molecular weight excluding hydrogens is 416 g/mol. The van der Waals surface area contributed by atoms with Crippen LogP contribution in [0.4, 0.5) is 5.69 Å². The van der Waals surface area contributed by atoms with Crippen molar-refractivity contribution in [2.24, 2.45) is 0 Å². The molecule has 1 heterocycles. The third-order valence-electron chi connectivity index (χ3n) is 5.69. The summed E-state index contributed by atoms with van der Waals surface area (Å²) in [5, 5.41) is 16.8. The molecule has 1 N–H and O–H groups in total. The van der Waals surface area contributed by atoms with Crippen molar-refractivity contribution in [3.8, 4) is 11.8 Å². The smallest absolute Gasteiger partial charge is 0.349 e. The van der Waals surface area contributed by atoms with E-state index in [1.165, 1.54) is 17.2 Å². The van der Waals surface area contributed by atoms with Gasteiger partial charge in [-0.05, 0) is 74.6 Å². The van der Waals surface area contributed by atoms with Gasteiger partial charge in [0.2, 0.25) is 0 Å². The molecule has 0 unspecified atom stereocenters. The van der Waals surface area contributed by atoms with E-state index in [4.69, 9.17) is 4.74 Å². The van der Waals surface area contributed by atoms with Crippen molar-refractivity contribution in [2.45, 2.75) is 33.1 Å². The molecule has 7 heteroatoms. The number of fused-ring (bicyclic) bond motifs is 1. The Balaban J connectivity index is 1.43. The van der Waals surface area contributed by atoms with Crippen LogP contribution in [-0.2, 0) is 27.2 Å². The number of amides is 1. The van der Waals surface area contributed by atoms with E-state index in [9.17, 15) is 14.9 Å². The Hall–Kier alpha value is -4.18. The number of para-hydroxylation sites is 1. The van der Waals surface area contributed by atoms with Gasteiger partial charge in [-0.2, -0.15) is 10.4 Å². The van der Waals surface area contributed by atoms with Crippen molar-refractivity contribution in [3.63, 3.8) is 0 Å². The van der Waals surface area contributed by atoms with E-state index < -0.39 is 18.5 Å². The molecule has 1 amide bonds. The molecule has 0 fully saturated rings. The van der Waals surface area contributed by atoms with Gasteiger partial charge in [0.1, 0.15) is 11.6 Å². The lowest BCUT2D eigenvalue weighted by Gasteiger charge is -2.08. The van der Waals surface area contributed by atoms with Crippen LogP contribution in [0.15, 0.2) is 54.1 Å². The second kappa shape index (κ2) is 9.53. The maximum absolute atomic E-state index is 12.5. The first-order valence-corrected chi connectivity index (χ1v) is 10.8. The fourth-order valence-electron chi connectivity index (χ4n) is 4.02. The fraction of sp³-hybridized carbons (Fsp3) is 0.231. The lowest BCUT2D eigenvalue weighted by atomic mass is 10.1. The van der Waals surface area contributed by atoms with E-state index in [0.717, 1.165) is 30.6 Å². The van der Waals surface area contributed by atoms with Crippen molar-refractivity contribution >= 4 is 23.6 Å². The fourth-order valence-corrected chi connectivity index (χ4v) is 4.02. The van der Waals surface area contributed by atoms with Crippen LogP contribution in [0.5, 0.6) is 0 Å². The molecule has 0 bridgehead atoms. The first-order valence-electron chi connectivity index (χ1n) is 10.8. The standard InChI is InChI=1S/C26H24N4O3/c1-17-24(18(2)30(29-17)23-9-4-3-5-10-23)14-21(15-27)26(32)33-16-25(31)28-22-12-11-19-7-6-8-20(19)13-22/h3-5,9-14H,6-8,16H2,1-2H3,(H,28,31)/b21-14+. The number of nitriles is 1. The monoisotopic (exact) mass is 440 g/mol. The summed E-state index contributed by atoms with van der Waals surface area (Å²) in [5.41, 5.74) is 6.02. The number of hydrogen-bond acceptors (Lipinski definition) is 5. The minimum absolute atomic E-state index is 0.195. The Morgan fingerprint density at radius 1 is 1.15 bits per heavy atom. The molecule has 0 atom stereocenters. The Kier molecular flexibility index (Phi) is 6.36. The SMILES string of the molecule is Cc1nn(-c2ccccc2)c(C)c1/C=C(\C#N)C(=O)OCC(=O)Nc1ccc2c(c1)CCC2. The number of esters is 1. The third-order valence-corrected chi connectivity index (χ3v) is 5.69. The summed E-state index contributed by atoms with van der Waals surface area (Å²) >= 11 is 0. The number of ether oxygens (including phenoxy) is 1. The summed E-state index contributed by atoms with van der Waals surface area (Å²) in [6, 6.07) is 17.3. The summed E-state index contributed by atoms with van der Waals surface area (Å²) in [7, 11) is 0. The summed E-state index contributed by atoms with van der Waals surface area (Å²) in [5.74, 6) is -1.31. The highest BCUT2D eigenvalue weighted by atomic mass is 16.5. The molecule has 166 valence electrons. The highest BCUT2D eigenvalue weighted by Crippen LogP contribution is 2.25. The second-order valence-corrected chi connectivity index (χ2v) is 7.96. The predicted octanol–water partition coefficient (Wildman–Crippen LogP) is 4.07. The Morgan fingerprint density at radius 2 is 1.91 bits per heavy atom. The van der Waals surface area contributed by atoms with Crippen LogP contribution in [0.3, 0.4) is 0 Å². The van der Waals surface area contributed by atoms with Crippen LogP contribution in [0, 0.1) is 25.2 Å². The minimum Gasteiger partial charge on any atom is -0.451 e. The first-order chi connectivity index (χ1) is 16.0. The number of aromatic nitrogens is 2. The number of anilines is 1. The van der Waals surface area contributed by atoms with Crippen LogP contribution in [0.25, 0.3) is 11.8 Å². The van der Waals surface area contributed by atoms with Crippen molar-refractivity contribution in [2.75, 3.05) is 11.9 Å². The highest BCUT2D eigenvalue weighted by Gasteiger charge is 2.18. The average Bonchev–Trinajstić information content (AvgIpc) is 3.40. The molecule has 0 aliphatic heterocycles. The van der Waals surface area contributed by atoms with Crippen molar-refractivity contribution in [1.29, 1.82) is 5.26 Å². The molecular formula is C26H24N4O3. The quantitative estimate of drug-likeness (QED) is 0.354. The van der Waals surface area contributed by atoms with Crippen LogP contribution in [0.2, 0.25) is 0 Å². The Morgan fingerprint density at radius 3 is 2.67 bits per heavy atom. The summed E-state index contributed by atoms with van der Waals surface area (Å²) in [4.78, 5) is 24.7. The van der Waals surface area contributed by atoms with E-state index in [2.05, 4.69) is 10.4 Å². The van der Waals surface area contributed by atoms with Gasteiger partial charge < -0.3 is 10.1 Å². The van der Waals surface area contributed by atoms with E-state index >= 15 is 0 Å². The van der Waals surface area contributed by atoms with E-state index in [0.29, 0.717) is 16.9 Å². The molecule has 0 spiro atoms. The van der Waals surface area contributed by atoms with Gasteiger partial charge in [-0.1, -0.05) is 24.3 Å². The lowest BCUT2D eigenvalue weighted by Crippen LogP contribution is -2.21. The number of aryl methyl sites for hydroxylation is 3. The predicted molar refractivity (Wildman–Crippen MR) is 125 cm³/mol. The lowest BCUT2D eigenvalue weighted by molar-refractivity contribution is -0.142. The molecule has 7 nitrogen and oxygen atoms in total. The van der Waals surface area contributed by atoms with Crippen molar-refractivity contribution in [1.82, 2.24) is 9.78 Å². The molecule has 0 saturated carbocycles. The van der Waals surface area contributed by atoms with Gasteiger partial charge in [-0.15, -0.1) is 0 Å². The summed E-state index contributed by atoms with van der Waals surface area (Å²) in [6.45, 7) is 3.20. The van der Waals surface area contributed by atoms with Crippen LogP contribution >= 0.6 is 0 Å². The molecule has 4 rings (SSSR count). The van der Waals surface area contributed by atoms with Crippen LogP contribution in [0.1, 0.15) is 34.5 Å². The number of benzene rings is 2. The van der Waals surface area contributed by atoms with E-state index in [1.807, 2.05) is 68.4 Å². The molecule has 33 heavy (non-hydrogen) atoms. The summed E-state index contributed by atoms with van der Waals surface area (Å²) < 4.78 is 6.85. The van der Waals surface area contributed by atoms with Crippen LogP contribution in [-0.4, -0.2) is 28.3 Å². The number of carbonyl (C=O) groups is 2. The van der Waals surface area contributed by atoms with Crippen molar-refractivity contribution < 1.29 is 14.3 Å². The van der Waals surface area contributed by atoms with Gasteiger partial charge in [0.05, 0.1) is 11.4 Å². The van der Waals surface area contributed by atoms with Gasteiger partial charge in [0.15, 0.2) is 6.61 Å². The Labute approximate surface area is 192 Å². The Bertz CT molecular complexity index is 1280. The molecule has 1 aliphatic carbocycles. The van der Waals surface area contributed by atoms with Crippen LogP contribution < -0.4 is 5.32 Å². The average molecular weight is 441 g/mol. The summed E-state index contributed by atoms with van der Waals surface area (Å²) in [6.07, 6.45) is 4.65. The zero-order valence-electron chi connectivity index (χ0n) is 18.6. The molecule has 3 aromatic rings. The third kappa shape index (κ3) is 4.85.